The molecule has 2 N–H and O–H groups in total. The van der Waals surface area contributed by atoms with Crippen molar-refractivity contribution in [2.24, 2.45) is 0 Å². The van der Waals surface area contributed by atoms with E-state index in [0.29, 0.717) is 27.9 Å². The topological polar surface area (TPSA) is 110 Å². The average molecular weight is 438 g/mol. The van der Waals surface area contributed by atoms with E-state index >= 15 is 0 Å². The Labute approximate surface area is 184 Å². The van der Waals surface area contributed by atoms with Gasteiger partial charge in [0.1, 0.15) is 28.2 Å². The maximum atomic E-state index is 14.6. The van der Waals surface area contributed by atoms with Crippen LogP contribution in [0.4, 0.5) is 4.39 Å². The Balaban J connectivity index is 0.00000306. The molecule has 8 nitrogen and oxygen atoms in total. The molecule has 0 aliphatic heterocycles. The van der Waals surface area contributed by atoms with E-state index < -0.39 is 23.4 Å². The van der Waals surface area contributed by atoms with Crippen LogP contribution >= 0.6 is 0 Å². The standard InChI is InChI=1S/C23H21FN4O4.H2/c1-13(16-8-6-14(11-18(16)24)23(2,3)30)26-21(29)17-5-4-10-25-22(17)31-15-7-9-19-20(12-15)28-32-27-19;/h4-13,30H,1-3H3,(H,26,29);1H. The SMILES string of the molecule is CC(NC(=O)c1cccnc1Oc1ccc2nonc2c1)c1ccc(C(C)(C)O)cc1F.[HH]. The van der Waals surface area contributed by atoms with Crippen LogP contribution in [0.5, 0.6) is 11.6 Å². The van der Waals surface area contributed by atoms with E-state index in [9.17, 15) is 14.3 Å². The highest BCUT2D eigenvalue weighted by Gasteiger charge is 2.22. The lowest BCUT2D eigenvalue weighted by Crippen LogP contribution is -2.28. The minimum Gasteiger partial charge on any atom is -0.438 e. The van der Waals surface area contributed by atoms with Crippen LogP contribution in [0.25, 0.3) is 11.0 Å². The van der Waals surface area contributed by atoms with Crippen molar-refractivity contribution in [1.82, 2.24) is 20.6 Å². The summed E-state index contributed by atoms with van der Waals surface area (Å²) < 4.78 is 25.1. The maximum absolute atomic E-state index is 14.6. The molecule has 0 aliphatic rings. The molecule has 1 amide bonds. The molecule has 32 heavy (non-hydrogen) atoms. The number of nitrogens with one attached hydrogen (secondary N) is 1. The maximum Gasteiger partial charge on any atom is 0.257 e. The highest BCUT2D eigenvalue weighted by molar-refractivity contribution is 5.96. The lowest BCUT2D eigenvalue weighted by atomic mass is 9.95. The number of benzene rings is 2. The van der Waals surface area contributed by atoms with Crippen LogP contribution in [-0.2, 0) is 5.60 Å². The van der Waals surface area contributed by atoms with Crippen molar-refractivity contribution >= 4 is 16.9 Å². The minimum atomic E-state index is -1.17. The fourth-order valence-corrected chi connectivity index (χ4v) is 3.19. The van der Waals surface area contributed by atoms with Crippen molar-refractivity contribution in [3.8, 4) is 11.6 Å². The first-order chi connectivity index (χ1) is 15.2. The van der Waals surface area contributed by atoms with E-state index in [0.717, 1.165) is 0 Å². The van der Waals surface area contributed by atoms with Crippen LogP contribution in [-0.4, -0.2) is 26.3 Å². The second-order valence-corrected chi connectivity index (χ2v) is 7.86. The van der Waals surface area contributed by atoms with Crippen molar-refractivity contribution in [2.75, 3.05) is 0 Å². The van der Waals surface area contributed by atoms with Gasteiger partial charge in [0.05, 0.1) is 11.6 Å². The molecule has 0 saturated carbocycles. The van der Waals surface area contributed by atoms with Crippen LogP contribution in [0, 0.1) is 5.82 Å². The number of halogens is 1. The molecule has 0 radical (unpaired) electrons. The van der Waals surface area contributed by atoms with Crippen molar-refractivity contribution < 1.29 is 25.1 Å². The highest BCUT2D eigenvalue weighted by atomic mass is 19.1. The predicted molar refractivity (Wildman–Crippen MR) is 116 cm³/mol. The van der Waals surface area contributed by atoms with Crippen LogP contribution in [0.1, 0.15) is 49.7 Å². The number of fused-ring (bicyclic) bond motifs is 1. The number of carbonyl (C=O) groups is 1. The number of hydrogen-bond donors (Lipinski definition) is 2. The van der Waals surface area contributed by atoms with Gasteiger partial charge in [0.25, 0.3) is 5.91 Å². The van der Waals surface area contributed by atoms with Gasteiger partial charge in [-0.15, -0.1) is 0 Å². The monoisotopic (exact) mass is 438 g/mol. The smallest absolute Gasteiger partial charge is 0.257 e. The fraction of sp³-hybridized carbons (Fsp3) is 0.217. The lowest BCUT2D eigenvalue weighted by molar-refractivity contribution is 0.0781. The normalized spacial score (nSPS) is 12.5. The number of rotatable bonds is 6. The quantitative estimate of drug-likeness (QED) is 0.456. The summed E-state index contributed by atoms with van der Waals surface area (Å²) in [5, 5.41) is 20.3. The number of carbonyl (C=O) groups excluding carboxylic acids is 1. The van der Waals surface area contributed by atoms with Gasteiger partial charge in [-0.3, -0.25) is 4.79 Å². The molecule has 0 spiro atoms. The zero-order valence-corrected chi connectivity index (χ0v) is 17.7. The largest absolute Gasteiger partial charge is 0.438 e. The van der Waals surface area contributed by atoms with Crippen molar-refractivity contribution in [2.45, 2.75) is 32.4 Å². The van der Waals surface area contributed by atoms with Gasteiger partial charge in [-0.1, -0.05) is 12.1 Å². The fourth-order valence-electron chi connectivity index (χ4n) is 3.19. The summed E-state index contributed by atoms with van der Waals surface area (Å²) in [5.74, 6) is -0.501. The molecule has 166 valence electrons. The zero-order valence-electron chi connectivity index (χ0n) is 17.7. The summed E-state index contributed by atoms with van der Waals surface area (Å²) >= 11 is 0. The Bertz CT molecular complexity index is 1290. The summed E-state index contributed by atoms with van der Waals surface area (Å²) in [5.41, 5.74) is 0.831. The predicted octanol–water partition coefficient (Wildman–Crippen LogP) is 4.51. The van der Waals surface area contributed by atoms with Gasteiger partial charge in [0.15, 0.2) is 0 Å². The molecule has 0 aliphatic carbocycles. The third-order valence-corrected chi connectivity index (χ3v) is 4.98. The molecule has 4 aromatic rings. The van der Waals surface area contributed by atoms with E-state index in [-0.39, 0.29) is 12.9 Å². The van der Waals surface area contributed by atoms with Gasteiger partial charge in [-0.2, -0.15) is 0 Å². The Morgan fingerprint density at radius 1 is 1.19 bits per heavy atom. The third-order valence-electron chi connectivity index (χ3n) is 4.98. The molecule has 2 heterocycles. The molecule has 0 bridgehead atoms. The van der Waals surface area contributed by atoms with E-state index in [4.69, 9.17) is 4.74 Å². The van der Waals surface area contributed by atoms with Gasteiger partial charge < -0.3 is 15.2 Å². The Kier molecular flexibility index (Phi) is 5.58. The lowest BCUT2D eigenvalue weighted by Gasteiger charge is -2.21. The molecule has 1 unspecified atom stereocenters. The molecular weight excluding hydrogens is 415 g/mol. The number of aliphatic hydroxyl groups is 1. The van der Waals surface area contributed by atoms with Crippen LogP contribution in [0.3, 0.4) is 0 Å². The van der Waals surface area contributed by atoms with Crippen LogP contribution in [0.2, 0.25) is 0 Å². The van der Waals surface area contributed by atoms with Crippen LogP contribution < -0.4 is 10.1 Å². The Morgan fingerprint density at radius 2 is 1.97 bits per heavy atom. The molecule has 9 heteroatoms. The number of ether oxygens (including phenoxy) is 1. The summed E-state index contributed by atoms with van der Waals surface area (Å²) in [7, 11) is 0. The summed E-state index contributed by atoms with van der Waals surface area (Å²) in [4.78, 5) is 17.1. The number of nitrogens with zero attached hydrogens (tertiary/aromatic N) is 3. The molecule has 0 saturated heterocycles. The minimum absolute atomic E-state index is 0. The van der Waals surface area contributed by atoms with E-state index in [1.54, 1.807) is 63.2 Å². The van der Waals surface area contributed by atoms with Gasteiger partial charge in [0.2, 0.25) is 5.88 Å². The summed E-state index contributed by atoms with van der Waals surface area (Å²) in [6, 6.07) is 11.9. The molecule has 4 rings (SSSR count). The van der Waals surface area contributed by atoms with Crippen molar-refractivity contribution in [3.05, 3.63) is 77.2 Å². The number of amides is 1. The molecule has 2 aromatic heterocycles. The molecule has 2 aromatic carbocycles. The van der Waals surface area contributed by atoms with Crippen LogP contribution in [0.15, 0.2) is 59.4 Å². The van der Waals surface area contributed by atoms with Gasteiger partial charge in [-0.25, -0.2) is 14.0 Å². The van der Waals surface area contributed by atoms with Gasteiger partial charge >= 0.3 is 0 Å². The van der Waals surface area contributed by atoms with E-state index in [1.165, 1.54) is 12.3 Å². The zero-order chi connectivity index (χ0) is 22.9. The van der Waals surface area contributed by atoms with Gasteiger partial charge in [0, 0.05) is 19.3 Å². The summed E-state index contributed by atoms with van der Waals surface area (Å²) in [6.07, 6.45) is 1.50. The first-order valence-corrected chi connectivity index (χ1v) is 9.91. The molecular formula is C23H23FN4O4. The van der Waals surface area contributed by atoms with E-state index in [2.05, 4.69) is 25.2 Å². The Morgan fingerprint density at radius 3 is 2.72 bits per heavy atom. The van der Waals surface area contributed by atoms with E-state index in [1.807, 2.05) is 0 Å². The first-order valence-electron chi connectivity index (χ1n) is 9.91. The van der Waals surface area contributed by atoms with Crippen molar-refractivity contribution in [1.29, 1.82) is 0 Å². The number of hydrogen-bond acceptors (Lipinski definition) is 7. The first kappa shape index (κ1) is 21.4. The molecule has 1 atom stereocenters. The summed E-state index contributed by atoms with van der Waals surface area (Å²) in [6.45, 7) is 4.82. The number of aromatic nitrogens is 3. The number of pyridine rings is 1. The molecule has 0 fully saturated rings. The second-order valence-electron chi connectivity index (χ2n) is 7.86. The van der Waals surface area contributed by atoms with Crippen molar-refractivity contribution in [3.63, 3.8) is 0 Å². The average Bonchev–Trinajstić information content (AvgIpc) is 3.21. The Hall–Kier alpha value is -3.85. The van der Waals surface area contributed by atoms with Gasteiger partial charge in [-0.05, 0) is 67.0 Å². The third kappa shape index (κ3) is 4.42. The second kappa shape index (κ2) is 8.35. The highest BCUT2D eigenvalue weighted by Crippen LogP contribution is 2.27.